The van der Waals surface area contributed by atoms with Gasteiger partial charge in [-0.3, -0.25) is 4.98 Å². The van der Waals surface area contributed by atoms with Gasteiger partial charge in [-0.05, 0) is 69.1 Å². The molecule has 37 heavy (non-hydrogen) atoms. The smallest absolute Gasteiger partial charge is 0.319 e. The van der Waals surface area contributed by atoms with Gasteiger partial charge in [-0.25, -0.2) is 9.64 Å². The normalized spacial score (nSPS) is 16.2. The summed E-state index contributed by atoms with van der Waals surface area (Å²) in [5.41, 5.74) is 1.32. The summed E-state index contributed by atoms with van der Waals surface area (Å²) in [5.74, 6) is 1.33. The number of hydrogen-bond acceptors (Lipinski definition) is 6. The second-order valence-electron chi connectivity index (χ2n) is 9.35. The van der Waals surface area contributed by atoms with Crippen LogP contribution in [0.5, 0.6) is 17.2 Å². The number of hydrogen-bond donors (Lipinski definition) is 3. The maximum Gasteiger partial charge on any atom is 0.319 e. The average molecular weight is 522 g/mol. The van der Waals surface area contributed by atoms with Crippen LogP contribution < -0.4 is 20.1 Å². The predicted octanol–water partition coefficient (Wildman–Crippen LogP) is 5.35. The zero-order chi connectivity index (χ0) is 25.8. The number of halogens is 1. The van der Waals surface area contributed by atoms with Gasteiger partial charge in [0.1, 0.15) is 30.0 Å². The van der Waals surface area contributed by atoms with Crippen LogP contribution in [0.15, 0.2) is 42.6 Å². The van der Waals surface area contributed by atoms with Gasteiger partial charge >= 0.3 is 6.03 Å². The molecule has 1 aliphatic carbocycles. The molecule has 9 nitrogen and oxygen atoms in total. The topological polar surface area (TPSA) is 100 Å². The maximum absolute atomic E-state index is 12.2. The molecule has 2 aliphatic rings. The minimum absolute atomic E-state index is 0.0929. The van der Waals surface area contributed by atoms with Gasteiger partial charge in [0, 0.05) is 30.2 Å². The van der Waals surface area contributed by atoms with Gasteiger partial charge in [-0.2, -0.15) is 0 Å². The number of carbonyl (C=O) groups is 1. The van der Waals surface area contributed by atoms with Crippen LogP contribution in [-0.4, -0.2) is 59.4 Å². The summed E-state index contributed by atoms with van der Waals surface area (Å²) >= 11 is 6.27. The van der Waals surface area contributed by atoms with Crippen molar-refractivity contribution in [2.45, 2.75) is 37.8 Å². The first-order valence-electron chi connectivity index (χ1n) is 12.4. The first-order chi connectivity index (χ1) is 18.0. The number of urea groups is 1. The van der Waals surface area contributed by atoms with E-state index >= 15 is 0 Å². The highest BCUT2D eigenvalue weighted by Gasteiger charge is 2.23. The van der Waals surface area contributed by atoms with Crippen LogP contribution >= 0.6 is 11.6 Å². The average Bonchev–Trinajstić information content (AvgIpc) is 3.55. The van der Waals surface area contributed by atoms with Crippen molar-refractivity contribution in [3.8, 4) is 17.2 Å². The fourth-order valence-corrected chi connectivity index (χ4v) is 4.46. The Morgan fingerprint density at radius 2 is 2.03 bits per heavy atom. The van der Waals surface area contributed by atoms with E-state index in [1.54, 1.807) is 42.6 Å². The zero-order valence-corrected chi connectivity index (χ0v) is 21.0. The number of pyridine rings is 1. The number of aliphatic hydroxyl groups is 1. The van der Waals surface area contributed by atoms with E-state index in [9.17, 15) is 9.90 Å². The number of nitrogens with zero attached hydrogens (tertiary/aromatic N) is 3. The van der Waals surface area contributed by atoms with Crippen molar-refractivity contribution >= 4 is 39.9 Å². The molecule has 2 fully saturated rings. The number of likely N-dealkylation sites (tertiary alicyclic amines) is 1. The molecule has 2 aromatic carbocycles. The molecular weight excluding hydrogens is 494 g/mol. The minimum Gasteiger partial charge on any atom is -0.502 e. The third-order valence-electron chi connectivity index (χ3n) is 6.33. The molecule has 10 heteroatoms. The lowest BCUT2D eigenvalue weighted by Gasteiger charge is -2.20. The molecule has 2 amide bonds. The van der Waals surface area contributed by atoms with Crippen molar-refractivity contribution in [1.82, 2.24) is 15.2 Å². The molecule has 1 atom stereocenters. The Morgan fingerprint density at radius 1 is 1.22 bits per heavy atom. The lowest BCUT2D eigenvalue weighted by molar-refractivity contribution is 0.0762. The van der Waals surface area contributed by atoms with Crippen molar-refractivity contribution in [3.05, 3.63) is 59.0 Å². The van der Waals surface area contributed by atoms with Crippen LogP contribution in [0, 0.1) is 6.57 Å². The Hall–Kier alpha value is -3.58. The molecular formula is C27H28ClN5O4. The van der Waals surface area contributed by atoms with Crippen molar-refractivity contribution in [2.24, 2.45) is 0 Å². The fraction of sp³-hybridized carbons (Fsp3) is 0.370. The fourth-order valence-electron chi connectivity index (χ4n) is 4.29. The van der Waals surface area contributed by atoms with Gasteiger partial charge in [-0.1, -0.05) is 11.6 Å². The van der Waals surface area contributed by atoms with E-state index in [0.29, 0.717) is 51.1 Å². The Bertz CT molecular complexity index is 1330. The molecule has 0 bridgehead atoms. The summed E-state index contributed by atoms with van der Waals surface area (Å²) in [6.45, 7) is 10.3. The number of ether oxygens (including phenoxy) is 2. The highest BCUT2D eigenvalue weighted by Crippen LogP contribution is 2.38. The van der Waals surface area contributed by atoms with Crippen LogP contribution in [0.3, 0.4) is 0 Å². The van der Waals surface area contributed by atoms with E-state index < -0.39 is 6.10 Å². The first kappa shape index (κ1) is 25.1. The quantitative estimate of drug-likeness (QED) is 0.328. The monoisotopic (exact) mass is 521 g/mol. The van der Waals surface area contributed by atoms with Gasteiger partial charge in [0.25, 0.3) is 0 Å². The lowest BCUT2D eigenvalue weighted by atomic mass is 10.1. The molecule has 1 saturated heterocycles. The Balaban J connectivity index is 1.32. The summed E-state index contributed by atoms with van der Waals surface area (Å²) in [6.07, 6.45) is 5.24. The number of β-amino-alcohol motifs (C(OH)–C–C–N with tert-alkyl or cyclic N) is 1. The van der Waals surface area contributed by atoms with Gasteiger partial charge in [0.2, 0.25) is 5.69 Å². The predicted molar refractivity (Wildman–Crippen MR) is 142 cm³/mol. The number of fused-ring (bicyclic) bond motifs is 1. The first-order valence-corrected chi connectivity index (χ1v) is 12.7. The molecule has 1 aromatic heterocycles. The highest BCUT2D eigenvalue weighted by atomic mass is 35.5. The Kier molecular flexibility index (Phi) is 7.60. The van der Waals surface area contributed by atoms with E-state index in [1.807, 2.05) is 0 Å². The second-order valence-corrected chi connectivity index (χ2v) is 9.75. The molecule has 2 heterocycles. The Morgan fingerprint density at radius 3 is 2.78 bits per heavy atom. The van der Waals surface area contributed by atoms with E-state index in [0.717, 1.165) is 38.8 Å². The summed E-state index contributed by atoms with van der Waals surface area (Å²) in [7, 11) is 0. The number of anilines is 1. The van der Waals surface area contributed by atoms with E-state index in [-0.39, 0.29) is 18.7 Å². The van der Waals surface area contributed by atoms with Crippen LogP contribution in [0.4, 0.5) is 16.2 Å². The molecule has 0 unspecified atom stereocenters. The summed E-state index contributed by atoms with van der Waals surface area (Å²) in [5, 5.41) is 17.0. The van der Waals surface area contributed by atoms with Gasteiger partial charge in [0.15, 0.2) is 0 Å². The summed E-state index contributed by atoms with van der Waals surface area (Å²) in [6, 6.07) is 9.98. The van der Waals surface area contributed by atoms with Crippen LogP contribution in [0.2, 0.25) is 5.02 Å². The summed E-state index contributed by atoms with van der Waals surface area (Å²) < 4.78 is 11.9. The van der Waals surface area contributed by atoms with E-state index in [2.05, 4.69) is 25.4 Å². The second kappa shape index (κ2) is 11.2. The number of rotatable bonds is 9. The van der Waals surface area contributed by atoms with Gasteiger partial charge < -0.3 is 30.1 Å². The molecule has 1 saturated carbocycles. The molecule has 0 spiro atoms. The molecule has 3 N–H and O–H groups in total. The third kappa shape index (κ3) is 6.41. The number of carbonyl (C=O) groups excluding carboxylic acids is 1. The molecule has 192 valence electrons. The number of nitrogens with one attached hydrogen (secondary N) is 2. The van der Waals surface area contributed by atoms with Crippen LogP contribution in [0.25, 0.3) is 15.7 Å². The lowest BCUT2D eigenvalue weighted by Crippen LogP contribution is -2.33. The van der Waals surface area contributed by atoms with Crippen molar-refractivity contribution in [2.75, 3.05) is 31.6 Å². The number of amides is 2. The Labute approximate surface area is 220 Å². The third-order valence-corrected chi connectivity index (χ3v) is 6.66. The van der Waals surface area contributed by atoms with Crippen molar-refractivity contribution in [1.29, 1.82) is 0 Å². The van der Waals surface area contributed by atoms with Crippen molar-refractivity contribution < 1.29 is 19.4 Å². The largest absolute Gasteiger partial charge is 0.502 e. The van der Waals surface area contributed by atoms with Gasteiger partial charge in [0.05, 0.1) is 22.8 Å². The van der Waals surface area contributed by atoms with Gasteiger partial charge in [-0.15, -0.1) is 0 Å². The molecule has 1 aliphatic heterocycles. The van der Waals surface area contributed by atoms with Crippen molar-refractivity contribution in [3.63, 3.8) is 0 Å². The van der Waals surface area contributed by atoms with Crippen LogP contribution in [-0.2, 0) is 0 Å². The zero-order valence-electron chi connectivity index (χ0n) is 20.2. The maximum atomic E-state index is 12.2. The highest BCUT2D eigenvalue weighted by molar-refractivity contribution is 6.33. The van der Waals surface area contributed by atoms with E-state index in [4.69, 9.17) is 27.6 Å². The number of benzene rings is 2. The standard InChI is InChI=1S/C27H28ClN5O4/c1-29-24-13-20-22(14-26(24)36-16-18(34)15-33-10-2-3-11-33)30-9-8-25(20)37-19-6-7-21(28)23(12-19)32-27(35)31-17-4-5-17/h6-9,12-14,17-18,34H,2-5,10-11,15-16H2,(H2,31,32,35)/t18-/m1/s1. The summed E-state index contributed by atoms with van der Waals surface area (Å²) in [4.78, 5) is 22.4. The molecule has 3 aromatic rings. The molecule has 5 rings (SSSR count). The minimum atomic E-state index is -0.644. The molecule has 0 radical (unpaired) electrons. The van der Waals surface area contributed by atoms with E-state index in [1.165, 1.54) is 0 Å². The van der Waals surface area contributed by atoms with Crippen LogP contribution in [0.1, 0.15) is 25.7 Å². The number of aromatic nitrogens is 1. The number of aliphatic hydroxyl groups excluding tert-OH is 1. The SMILES string of the molecule is [C-]#[N+]c1cc2c(Oc3ccc(Cl)c(NC(=O)NC4CC4)c3)ccnc2cc1OC[C@H](O)CN1CCCC1.